The minimum atomic E-state index is -1.06. The molecule has 2 aromatic rings. The van der Waals surface area contributed by atoms with E-state index in [1.54, 1.807) is 6.07 Å². The van der Waals surface area contributed by atoms with E-state index in [-0.39, 0.29) is 5.69 Å². The Balaban J connectivity index is 1.77. The molecule has 22 heavy (non-hydrogen) atoms. The van der Waals surface area contributed by atoms with Crippen molar-refractivity contribution in [1.29, 1.82) is 0 Å². The Hall–Kier alpha value is -2.27. The zero-order valence-electron chi connectivity index (χ0n) is 12.6. The van der Waals surface area contributed by atoms with E-state index in [1.807, 2.05) is 12.1 Å². The van der Waals surface area contributed by atoms with Gasteiger partial charge in [-0.3, -0.25) is 4.90 Å². The zero-order valence-corrected chi connectivity index (χ0v) is 12.6. The lowest BCUT2D eigenvalue weighted by atomic mass is 10.0. The third-order valence-electron chi connectivity index (χ3n) is 4.26. The summed E-state index contributed by atoms with van der Waals surface area (Å²) in [6, 6.07) is 11.9. The third kappa shape index (κ3) is 2.99. The van der Waals surface area contributed by atoms with Gasteiger partial charge in [-0.15, -0.1) is 10.2 Å². The van der Waals surface area contributed by atoms with Crippen molar-refractivity contribution >= 4 is 5.97 Å². The van der Waals surface area contributed by atoms with E-state index in [0.29, 0.717) is 11.7 Å². The highest BCUT2D eigenvalue weighted by Crippen LogP contribution is 2.26. The van der Waals surface area contributed by atoms with Crippen molar-refractivity contribution in [1.82, 2.24) is 15.1 Å². The van der Waals surface area contributed by atoms with Crippen molar-refractivity contribution in [3.05, 3.63) is 47.7 Å². The molecule has 1 aromatic carbocycles. The Morgan fingerprint density at radius 2 is 1.77 bits per heavy atom. The standard InChI is InChI=1S/C17H19N3O2/c1-12(20-10-2-3-11-20)13-4-6-14(7-5-13)15-8-9-16(17(21)22)19-18-15/h4-9,12H,2-3,10-11H2,1H3,(H,21,22). The second-order valence-corrected chi connectivity index (χ2v) is 5.65. The maximum atomic E-state index is 10.8. The van der Waals surface area contributed by atoms with Gasteiger partial charge in [0, 0.05) is 11.6 Å². The molecular weight excluding hydrogens is 278 g/mol. The van der Waals surface area contributed by atoms with Gasteiger partial charge in [-0.1, -0.05) is 24.3 Å². The number of carboxylic acid groups (broad SMARTS) is 1. The fraction of sp³-hybridized carbons (Fsp3) is 0.353. The Kier molecular flexibility index (Phi) is 4.15. The predicted octanol–water partition coefficient (Wildman–Crippen LogP) is 3.00. The summed E-state index contributed by atoms with van der Waals surface area (Å²) >= 11 is 0. The van der Waals surface area contributed by atoms with E-state index in [2.05, 4.69) is 34.2 Å². The molecular formula is C17H19N3O2. The van der Waals surface area contributed by atoms with Crippen LogP contribution in [0.5, 0.6) is 0 Å². The van der Waals surface area contributed by atoms with Crippen molar-refractivity contribution in [2.45, 2.75) is 25.8 Å². The average Bonchev–Trinajstić information content (AvgIpc) is 3.09. The highest BCUT2D eigenvalue weighted by Gasteiger charge is 2.19. The number of aromatic carboxylic acids is 1. The molecule has 1 aliphatic heterocycles. The van der Waals surface area contributed by atoms with Gasteiger partial charge in [0.2, 0.25) is 0 Å². The SMILES string of the molecule is CC(c1ccc(-c2ccc(C(=O)O)nn2)cc1)N1CCCC1. The molecule has 0 bridgehead atoms. The molecule has 0 amide bonds. The first-order valence-electron chi connectivity index (χ1n) is 7.56. The Labute approximate surface area is 129 Å². The minimum Gasteiger partial charge on any atom is -0.476 e. The number of rotatable bonds is 4. The predicted molar refractivity (Wildman–Crippen MR) is 83.6 cm³/mol. The van der Waals surface area contributed by atoms with E-state index >= 15 is 0 Å². The van der Waals surface area contributed by atoms with Crippen LogP contribution in [0.4, 0.5) is 0 Å². The quantitative estimate of drug-likeness (QED) is 0.939. The van der Waals surface area contributed by atoms with Crippen LogP contribution in [0.2, 0.25) is 0 Å². The topological polar surface area (TPSA) is 66.3 Å². The fourth-order valence-electron chi connectivity index (χ4n) is 2.87. The molecule has 0 aliphatic carbocycles. The van der Waals surface area contributed by atoms with Crippen LogP contribution in [0.3, 0.4) is 0 Å². The number of nitrogens with zero attached hydrogens (tertiary/aromatic N) is 3. The number of carboxylic acids is 1. The van der Waals surface area contributed by atoms with Crippen molar-refractivity contribution < 1.29 is 9.90 Å². The molecule has 3 rings (SSSR count). The van der Waals surface area contributed by atoms with Gasteiger partial charge in [0.05, 0.1) is 5.69 Å². The van der Waals surface area contributed by atoms with E-state index in [0.717, 1.165) is 5.56 Å². The molecule has 1 saturated heterocycles. The van der Waals surface area contributed by atoms with Gasteiger partial charge in [0.1, 0.15) is 0 Å². The normalized spacial score (nSPS) is 16.6. The zero-order chi connectivity index (χ0) is 15.5. The maximum Gasteiger partial charge on any atom is 0.356 e. The van der Waals surface area contributed by atoms with Crippen molar-refractivity contribution in [3.8, 4) is 11.3 Å². The summed E-state index contributed by atoms with van der Waals surface area (Å²) in [5.74, 6) is -1.06. The van der Waals surface area contributed by atoms with E-state index in [4.69, 9.17) is 5.11 Å². The van der Waals surface area contributed by atoms with Gasteiger partial charge in [-0.25, -0.2) is 4.79 Å². The molecule has 0 saturated carbocycles. The van der Waals surface area contributed by atoms with Crippen LogP contribution < -0.4 is 0 Å². The highest BCUT2D eigenvalue weighted by molar-refractivity contribution is 5.85. The van der Waals surface area contributed by atoms with E-state index in [9.17, 15) is 4.79 Å². The summed E-state index contributed by atoms with van der Waals surface area (Å²) in [5.41, 5.74) is 2.89. The van der Waals surface area contributed by atoms with Gasteiger partial charge in [0.15, 0.2) is 5.69 Å². The van der Waals surface area contributed by atoms with Gasteiger partial charge in [0.25, 0.3) is 0 Å². The maximum absolute atomic E-state index is 10.8. The van der Waals surface area contributed by atoms with Gasteiger partial charge in [-0.05, 0) is 50.6 Å². The molecule has 1 aliphatic rings. The monoisotopic (exact) mass is 297 g/mol. The first kappa shape index (κ1) is 14.7. The number of aromatic nitrogens is 2. The van der Waals surface area contributed by atoms with Gasteiger partial charge in [-0.2, -0.15) is 0 Å². The summed E-state index contributed by atoms with van der Waals surface area (Å²) < 4.78 is 0. The lowest BCUT2D eigenvalue weighted by Gasteiger charge is -2.24. The Bertz CT molecular complexity index is 647. The lowest BCUT2D eigenvalue weighted by molar-refractivity contribution is 0.0689. The van der Waals surface area contributed by atoms with Crippen LogP contribution in [0, 0.1) is 0 Å². The van der Waals surface area contributed by atoms with Crippen LogP contribution in [0.1, 0.15) is 41.9 Å². The first-order chi connectivity index (χ1) is 10.6. The summed E-state index contributed by atoms with van der Waals surface area (Å²) in [7, 11) is 0. The molecule has 1 fully saturated rings. The van der Waals surface area contributed by atoms with Gasteiger partial charge >= 0.3 is 5.97 Å². The van der Waals surface area contributed by atoms with E-state index in [1.165, 1.54) is 37.6 Å². The largest absolute Gasteiger partial charge is 0.476 e. The molecule has 0 spiro atoms. The van der Waals surface area contributed by atoms with Crippen LogP contribution in [0.25, 0.3) is 11.3 Å². The molecule has 114 valence electrons. The summed E-state index contributed by atoms with van der Waals surface area (Å²) in [6.07, 6.45) is 2.57. The first-order valence-corrected chi connectivity index (χ1v) is 7.56. The van der Waals surface area contributed by atoms with Crippen LogP contribution in [-0.2, 0) is 0 Å². The average molecular weight is 297 g/mol. The fourth-order valence-corrected chi connectivity index (χ4v) is 2.87. The van der Waals surface area contributed by atoms with Crippen LogP contribution in [0.15, 0.2) is 36.4 Å². The number of hydrogen-bond donors (Lipinski definition) is 1. The summed E-state index contributed by atoms with van der Waals surface area (Å²) in [5, 5.41) is 16.5. The van der Waals surface area contributed by atoms with Crippen LogP contribution >= 0.6 is 0 Å². The summed E-state index contributed by atoms with van der Waals surface area (Å²) in [4.78, 5) is 13.3. The van der Waals surface area contributed by atoms with Crippen molar-refractivity contribution in [3.63, 3.8) is 0 Å². The molecule has 1 aromatic heterocycles. The highest BCUT2D eigenvalue weighted by atomic mass is 16.4. The Morgan fingerprint density at radius 1 is 1.09 bits per heavy atom. The number of hydrogen-bond acceptors (Lipinski definition) is 4. The summed E-state index contributed by atoms with van der Waals surface area (Å²) in [6.45, 7) is 4.58. The van der Waals surface area contributed by atoms with E-state index < -0.39 is 5.97 Å². The third-order valence-corrected chi connectivity index (χ3v) is 4.26. The molecule has 0 radical (unpaired) electrons. The van der Waals surface area contributed by atoms with Gasteiger partial charge < -0.3 is 5.11 Å². The molecule has 5 heteroatoms. The second kappa shape index (κ2) is 6.23. The molecule has 1 N–H and O–H groups in total. The number of carbonyl (C=O) groups is 1. The van der Waals surface area contributed by atoms with Crippen LogP contribution in [-0.4, -0.2) is 39.3 Å². The van der Waals surface area contributed by atoms with Crippen molar-refractivity contribution in [2.75, 3.05) is 13.1 Å². The minimum absolute atomic E-state index is 0.0389. The smallest absolute Gasteiger partial charge is 0.356 e. The number of likely N-dealkylation sites (tertiary alicyclic amines) is 1. The molecule has 5 nitrogen and oxygen atoms in total. The van der Waals surface area contributed by atoms with Crippen molar-refractivity contribution in [2.24, 2.45) is 0 Å². The lowest BCUT2D eigenvalue weighted by Crippen LogP contribution is -2.23. The molecule has 1 unspecified atom stereocenters. The second-order valence-electron chi connectivity index (χ2n) is 5.65. The number of benzene rings is 1. The molecule has 2 heterocycles. The Morgan fingerprint density at radius 3 is 2.32 bits per heavy atom. The molecule has 1 atom stereocenters.